The average molecular weight is 354 g/mol. The van der Waals surface area contributed by atoms with Gasteiger partial charge in [-0.25, -0.2) is 5.21 Å². The zero-order valence-corrected chi connectivity index (χ0v) is 15.3. The van der Waals surface area contributed by atoms with Gasteiger partial charge in [0, 0.05) is 19.4 Å². The number of hydrogen-bond donors (Lipinski definition) is 3. The molecule has 0 rings (SSSR count). The van der Waals surface area contributed by atoms with E-state index in [2.05, 4.69) is 5.32 Å². The Kier molecular flexibility index (Phi) is 11.4. The minimum atomic E-state index is -3.81. The largest absolute Gasteiger partial charge is 0.356 e. The zero-order valence-electron chi connectivity index (χ0n) is 14.5. The number of nitrogens with zero attached hydrogens (tertiary/aromatic N) is 1. The van der Waals surface area contributed by atoms with Crippen LogP contribution in [0.2, 0.25) is 0 Å². The van der Waals surface area contributed by atoms with Crippen LogP contribution in [0.15, 0.2) is 0 Å². The van der Waals surface area contributed by atoms with E-state index >= 15 is 0 Å². The second kappa shape index (κ2) is 11.8. The van der Waals surface area contributed by atoms with Gasteiger partial charge in [-0.15, -0.1) is 0 Å². The summed E-state index contributed by atoms with van der Waals surface area (Å²) in [6, 6.07) is 0. The van der Waals surface area contributed by atoms with Crippen LogP contribution in [0.5, 0.6) is 0 Å². The van der Waals surface area contributed by atoms with Gasteiger partial charge in [0.05, 0.1) is 19.8 Å². The Labute approximate surface area is 140 Å². The lowest BCUT2D eigenvalue weighted by molar-refractivity contribution is -1.07. The molecule has 0 bridgehead atoms. The van der Waals surface area contributed by atoms with E-state index < -0.39 is 10.1 Å². The molecular formula is C15H33N2O5S+. The number of carbonyl (C=O) groups excluding carboxylic acids is 1. The first-order chi connectivity index (χ1) is 10.6. The molecule has 0 aliphatic rings. The summed E-state index contributed by atoms with van der Waals surface area (Å²) in [5.41, 5.74) is 0. The van der Waals surface area contributed by atoms with Gasteiger partial charge in [0.15, 0.2) is 0 Å². The fourth-order valence-corrected chi connectivity index (χ4v) is 2.81. The van der Waals surface area contributed by atoms with Crippen molar-refractivity contribution in [1.29, 1.82) is 0 Å². The van der Waals surface area contributed by atoms with E-state index in [4.69, 9.17) is 4.55 Å². The van der Waals surface area contributed by atoms with E-state index in [9.17, 15) is 18.4 Å². The number of unbranched alkanes of at least 4 members (excludes halogenated alkanes) is 6. The molecule has 0 aromatic rings. The molecule has 138 valence electrons. The molecule has 0 aromatic carbocycles. The highest BCUT2D eigenvalue weighted by Crippen LogP contribution is 2.09. The molecule has 0 heterocycles. The molecule has 0 fully saturated rings. The third-order valence-electron chi connectivity index (χ3n) is 3.51. The van der Waals surface area contributed by atoms with Gasteiger partial charge in [0.25, 0.3) is 10.1 Å². The second-order valence-corrected chi connectivity index (χ2v) is 8.13. The van der Waals surface area contributed by atoms with Crippen molar-refractivity contribution in [1.82, 2.24) is 5.32 Å². The van der Waals surface area contributed by atoms with Crippen LogP contribution in [-0.4, -0.2) is 61.7 Å². The van der Waals surface area contributed by atoms with E-state index in [1.807, 2.05) is 0 Å². The molecule has 0 saturated heterocycles. The summed E-state index contributed by atoms with van der Waals surface area (Å²) in [7, 11) is -0.414. The Bertz CT molecular complexity index is 418. The molecule has 0 aliphatic heterocycles. The minimum Gasteiger partial charge on any atom is -0.356 e. The molecule has 0 saturated carbocycles. The molecule has 8 heteroatoms. The van der Waals surface area contributed by atoms with Crippen molar-refractivity contribution in [3.8, 4) is 0 Å². The van der Waals surface area contributed by atoms with Crippen molar-refractivity contribution in [2.45, 2.75) is 57.8 Å². The summed E-state index contributed by atoms with van der Waals surface area (Å²) < 4.78 is 29.5. The summed E-state index contributed by atoms with van der Waals surface area (Å²) in [4.78, 5) is 11.6. The van der Waals surface area contributed by atoms with Crippen LogP contribution >= 0.6 is 0 Å². The lowest BCUT2D eigenvalue weighted by Gasteiger charge is -2.19. The van der Waals surface area contributed by atoms with Gasteiger partial charge in [-0.2, -0.15) is 13.1 Å². The minimum absolute atomic E-state index is 0.0569. The monoisotopic (exact) mass is 353 g/mol. The number of carbonyl (C=O) groups is 1. The highest BCUT2D eigenvalue weighted by Gasteiger charge is 2.09. The maximum absolute atomic E-state index is 11.6. The number of hydroxylamine groups is 3. The molecule has 0 aromatic heterocycles. The zero-order chi connectivity index (χ0) is 17.8. The smallest absolute Gasteiger partial charge is 0.264 e. The van der Waals surface area contributed by atoms with Crippen molar-refractivity contribution in [3.63, 3.8) is 0 Å². The highest BCUT2D eigenvalue weighted by molar-refractivity contribution is 7.85. The number of quaternary nitrogens is 1. The molecule has 0 aliphatic carbocycles. The second-order valence-electron chi connectivity index (χ2n) is 6.56. The summed E-state index contributed by atoms with van der Waals surface area (Å²) in [6.07, 6.45) is 7.46. The van der Waals surface area contributed by atoms with Gasteiger partial charge in [0.2, 0.25) is 5.91 Å². The third-order valence-corrected chi connectivity index (χ3v) is 4.31. The van der Waals surface area contributed by atoms with E-state index in [1.165, 1.54) is 0 Å². The Morgan fingerprint density at radius 2 is 1.48 bits per heavy atom. The molecular weight excluding hydrogens is 320 g/mol. The highest BCUT2D eigenvalue weighted by atomic mass is 32.2. The van der Waals surface area contributed by atoms with Crippen molar-refractivity contribution >= 4 is 16.0 Å². The molecule has 0 atom stereocenters. The fraction of sp³-hybridized carbons (Fsp3) is 0.933. The molecule has 23 heavy (non-hydrogen) atoms. The van der Waals surface area contributed by atoms with E-state index in [1.54, 1.807) is 14.1 Å². The normalized spacial score (nSPS) is 12.3. The van der Waals surface area contributed by atoms with E-state index in [0.29, 0.717) is 25.9 Å². The topological polar surface area (TPSA) is 104 Å². The van der Waals surface area contributed by atoms with Crippen LogP contribution in [0.1, 0.15) is 57.8 Å². The van der Waals surface area contributed by atoms with Crippen LogP contribution < -0.4 is 5.32 Å². The third kappa shape index (κ3) is 19.3. The molecule has 1 amide bonds. The first-order valence-electron chi connectivity index (χ1n) is 8.38. The predicted octanol–water partition coefficient (Wildman–Crippen LogP) is 1.97. The van der Waals surface area contributed by atoms with Crippen LogP contribution in [-0.2, 0) is 14.9 Å². The van der Waals surface area contributed by atoms with Gasteiger partial charge in [0.1, 0.15) is 6.54 Å². The van der Waals surface area contributed by atoms with Crippen LogP contribution in [0.4, 0.5) is 0 Å². The van der Waals surface area contributed by atoms with Crippen LogP contribution in [0.3, 0.4) is 0 Å². The Morgan fingerprint density at radius 3 is 2.00 bits per heavy atom. The van der Waals surface area contributed by atoms with Gasteiger partial charge in [-0.05, 0) is 12.8 Å². The SMILES string of the molecule is C[N+](C)(O)CCCNC(=O)CCCCCCCCCS(=O)(=O)O. The summed E-state index contributed by atoms with van der Waals surface area (Å²) >= 11 is 0. The summed E-state index contributed by atoms with van der Waals surface area (Å²) in [5.74, 6) is -0.0964. The van der Waals surface area contributed by atoms with Gasteiger partial charge < -0.3 is 5.32 Å². The Balaban J connectivity index is 3.33. The van der Waals surface area contributed by atoms with Gasteiger partial charge in [-0.3, -0.25) is 9.35 Å². The lowest BCUT2D eigenvalue weighted by atomic mass is 10.1. The van der Waals surface area contributed by atoms with Crippen molar-refractivity contribution in [3.05, 3.63) is 0 Å². The maximum atomic E-state index is 11.6. The average Bonchev–Trinajstić information content (AvgIpc) is 2.39. The molecule has 3 N–H and O–H groups in total. The molecule has 7 nitrogen and oxygen atoms in total. The number of amides is 1. The maximum Gasteiger partial charge on any atom is 0.264 e. The van der Waals surface area contributed by atoms with Crippen molar-refractivity contribution in [2.24, 2.45) is 0 Å². The van der Waals surface area contributed by atoms with Crippen LogP contribution in [0, 0.1) is 0 Å². The first-order valence-corrected chi connectivity index (χ1v) is 9.99. The molecule has 0 spiro atoms. The Hall–Kier alpha value is -0.700. The molecule has 0 unspecified atom stereocenters. The van der Waals surface area contributed by atoms with E-state index in [0.717, 1.165) is 44.9 Å². The number of rotatable bonds is 14. The number of nitrogens with one attached hydrogen (secondary N) is 1. The van der Waals surface area contributed by atoms with Crippen LogP contribution in [0.25, 0.3) is 0 Å². The quantitative estimate of drug-likeness (QED) is 0.192. The first kappa shape index (κ1) is 22.3. The van der Waals surface area contributed by atoms with Gasteiger partial charge in [-0.1, -0.05) is 32.1 Å². The standard InChI is InChI=1S/C15H32N2O5S/c1-17(2,19)13-10-12-16-15(18)11-8-6-4-3-5-7-9-14-23(20,21)22/h19H,3-14H2,1-2H3,(H-,16,18,20,21,22)/p+1. The Morgan fingerprint density at radius 1 is 0.957 bits per heavy atom. The molecule has 0 radical (unpaired) electrons. The fourth-order valence-electron chi connectivity index (χ4n) is 2.24. The lowest BCUT2D eigenvalue weighted by Crippen LogP contribution is -2.38. The predicted molar refractivity (Wildman–Crippen MR) is 89.7 cm³/mol. The van der Waals surface area contributed by atoms with E-state index in [-0.39, 0.29) is 16.3 Å². The summed E-state index contributed by atoms with van der Waals surface area (Å²) in [5, 5.41) is 12.3. The summed E-state index contributed by atoms with van der Waals surface area (Å²) in [6.45, 7) is 1.20. The van der Waals surface area contributed by atoms with Gasteiger partial charge >= 0.3 is 0 Å². The van der Waals surface area contributed by atoms with Crippen molar-refractivity contribution < 1.29 is 27.6 Å². The van der Waals surface area contributed by atoms with Crippen molar-refractivity contribution in [2.75, 3.05) is 32.9 Å². The number of hydrogen-bond acceptors (Lipinski definition) is 4.